The van der Waals surface area contributed by atoms with Gasteiger partial charge in [0.05, 0.1) is 6.61 Å². The van der Waals surface area contributed by atoms with E-state index in [0.717, 1.165) is 38.5 Å². The van der Waals surface area contributed by atoms with Gasteiger partial charge in [0.1, 0.15) is 18.5 Å². The van der Waals surface area contributed by atoms with E-state index in [4.69, 9.17) is 9.84 Å². The van der Waals surface area contributed by atoms with E-state index in [1.165, 1.54) is 5.56 Å². The first-order valence-corrected chi connectivity index (χ1v) is 8.55. The molecule has 0 aliphatic carbocycles. The Labute approximate surface area is 139 Å². The van der Waals surface area contributed by atoms with E-state index in [0.29, 0.717) is 19.1 Å². The second-order valence-corrected chi connectivity index (χ2v) is 6.52. The molecular weight excluding hydrogens is 292 g/mol. The Kier molecular flexibility index (Phi) is 7.30. The lowest BCUT2D eigenvalue weighted by molar-refractivity contribution is 0.0426. The number of piperazine rings is 1. The van der Waals surface area contributed by atoms with Crippen LogP contribution in [0.1, 0.15) is 25.3 Å². The van der Waals surface area contributed by atoms with E-state index in [9.17, 15) is 5.11 Å². The SMILES string of the molecule is CC(C)c1ccccc1OC[C@@H](O)CN1CCN(CCO)CC1. The number of aliphatic hydroxyl groups is 2. The predicted octanol–water partition coefficient (Wildman–Crippen LogP) is 1.16. The van der Waals surface area contributed by atoms with Crippen molar-refractivity contribution in [3.63, 3.8) is 0 Å². The molecule has 5 heteroatoms. The maximum Gasteiger partial charge on any atom is 0.122 e. The van der Waals surface area contributed by atoms with Crippen molar-refractivity contribution in [2.24, 2.45) is 0 Å². The molecule has 1 aromatic carbocycles. The van der Waals surface area contributed by atoms with Crippen molar-refractivity contribution in [2.75, 3.05) is 52.5 Å². The minimum atomic E-state index is -0.486. The minimum Gasteiger partial charge on any atom is -0.491 e. The number of aliphatic hydroxyl groups excluding tert-OH is 2. The third-order valence-corrected chi connectivity index (χ3v) is 4.32. The lowest BCUT2D eigenvalue weighted by Crippen LogP contribution is -2.49. The highest BCUT2D eigenvalue weighted by Crippen LogP contribution is 2.25. The number of benzene rings is 1. The first kappa shape index (κ1) is 18.2. The summed E-state index contributed by atoms with van der Waals surface area (Å²) in [5.74, 6) is 1.28. The van der Waals surface area contributed by atoms with Gasteiger partial charge < -0.3 is 14.9 Å². The van der Waals surface area contributed by atoms with Crippen LogP contribution < -0.4 is 4.74 Å². The Bertz CT molecular complexity index is 459. The van der Waals surface area contributed by atoms with Crippen molar-refractivity contribution in [3.8, 4) is 5.75 Å². The van der Waals surface area contributed by atoms with E-state index < -0.39 is 6.10 Å². The summed E-state index contributed by atoms with van der Waals surface area (Å²) in [6.07, 6.45) is -0.486. The van der Waals surface area contributed by atoms with Crippen molar-refractivity contribution in [3.05, 3.63) is 29.8 Å². The van der Waals surface area contributed by atoms with E-state index in [-0.39, 0.29) is 6.61 Å². The fraction of sp³-hybridized carbons (Fsp3) is 0.667. The molecule has 1 atom stereocenters. The standard InChI is InChI=1S/C18H30N2O3/c1-15(2)17-5-3-4-6-18(17)23-14-16(22)13-20-9-7-19(8-10-20)11-12-21/h3-6,15-16,21-22H,7-14H2,1-2H3/t16-/m0/s1. The highest BCUT2D eigenvalue weighted by molar-refractivity contribution is 5.35. The summed E-state index contributed by atoms with van der Waals surface area (Å²) in [5.41, 5.74) is 1.18. The maximum absolute atomic E-state index is 10.2. The average molecular weight is 322 g/mol. The van der Waals surface area contributed by atoms with Crippen LogP contribution in [0, 0.1) is 0 Å². The molecule has 23 heavy (non-hydrogen) atoms. The molecule has 0 spiro atoms. The van der Waals surface area contributed by atoms with Gasteiger partial charge in [-0.15, -0.1) is 0 Å². The Morgan fingerprint density at radius 3 is 2.39 bits per heavy atom. The summed E-state index contributed by atoms with van der Waals surface area (Å²) < 4.78 is 5.84. The van der Waals surface area contributed by atoms with Gasteiger partial charge in [0.25, 0.3) is 0 Å². The monoisotopic (exact) mass is 322 g/mol. The van der Waals surface area contributed by atoms with Crippen molar-refractivity contribution >= 4 is 0 Å². The topological polar surface area (TPSA) is 56.2 Å². The van der Waals surface area contributed by atoms with Gasteiger partial charge >= 0.3 is 0 Å². The smallest absolute Gasteiger partial charge is 0.122 e. The van der Waals surface area contributed by atoms with Gasteiger partial charge in [0.15, 0.2) is 0 Å². The summed E-state index contributed by atoms with van der Waals surface area (Å²) >= 11 is 0. The van der Waals surface area contributed by atoms with Gasteiger partial charge in [0.2, 0.25) is 0 Å². The zero-order valence-corrected chi connectivity index (χ0v) is 14.3. The van der Waals surface area contributed by atoms with Crippen LogP contribution in [0.2, 0.25) is 0 Å². The minimum absolute atomic E-state index is 0.214. The maximum atomic E-state index is 10.2. The molecule has 2 N–H and O–H groups in total. The molecule has 0 saturated carbocycles. The Balaban J connectivity index is 1.75. The molecule has 0 unspecified atom stereocenters. The van der Waals surface area contributed by atoms with Crippen LogP contribution in [0.25, 0.3) is 0 Å². The number of hydrogen-bond donors (Lipinski definition) is 2. The lowest BCUT2D eigenvalue weighted by atomic mass is 10.0. The molecular formula is C18H30N2O3. The molecule has 1 fully saturated rings. The zero-order valence-electron chi connectivity index (χ0n) is 14.3. The van der Waals surface area contributed by atoms with Gasteiger partial charge in [-0.25, -0.2) is 0 Å². The summed E-state index contributed by atoms with van der Waals surface area (Å²) in [6.45, 7) is 9.96. The van der Waals surface area contributed by atoms with Gasteiger partial charge in [0, 0.05) is 39.3 Å². The number of hydrogen-bond acceptors (Lipinski definition) is 5. The number of β-amino-alcohol motifs (C(OH)–C–C–N with tert-alkyl or cyclic N) is 2. The lowest BCUT2D eigenvalue weighted by Gasteiger charge is -2.35. The van der Waals surface area contributed by atoms with Gasteiger partial charge in [-0.1, -0.05) is 32.0 Å². The van der Waals surface area contributed by atoms with Crippen LogP contribution in [0.15, 0.2) is 24.3 Å². The molecule has 0 amide bonds. The first-order chi connectivity index (χ1) is 11.1. The van der Waals surface area contributed by atoms with Crippen molar-refractivity contribution < 1.29 is 14.9 Å². The number of para-hydroxylation sites is 1. The van der Waals surface area contributed by atoms with Crippen LogP contribution >= 0.6 is 0 Å². The van der Waals surface area contributed by atoms with E-state index in [1.54, 1.807) is 0 Å². The first-order valence-electron chi connectivity index (χ1n) is 8.55. The highest BCUT2D eigenvalue weighted by atomic mass is 16.5. The molecule has 2 rings (SSSR count). The van der Waals surface area contributed by atoms with Crippen LogP contribution in [0.3, 0.4) is 0 Å². The normalized spacial score (nSPS) is 18.3. The van der Waals surface area contributed by atoms with Crippen LogP contribution in [0.5, 0.6) is 5.75 Å². The van der Waals surface area contributed by atoms with E-state index in [2.05, 4.69) is 29.7 Å². The molecule has 1 aliphatic rings. The fourth-order valence-electron chi connectivity index (χ4n) is 2.96. The third-order valence-electron chi connectivity index (χ3n) is 4.32. The second-order valence-electron chi connectivity index (χ2n) is 6.52. The number of rotatable bonds is 8. The Morgan fingerprint density at radius 1 is 1.09 bits per heavy atom. The molecule has 0 bridgehead atoms. The van der Waals surface area contributed by atoms with E-state index in [1.807, 2.05) is 18.2 Å². The summed E-state index contributed by atoms with van der Waals surface area (Å²) in [6, 6.07) is 8.03. The zero-order chi connectivity index (χ0) is 16.7. The summed E-state index contributed by atoms with van der Waals surface area (Å²) in [7, 11) is 0. The van der Waals surface area contributed by atoms with E-state index >= 15 is 0 Å². The molecule has 5 nitrogen and oxygen atoms in total. The number of ether oxygens (including phenoxy) is 1. The Morgan fingerprint density at radius 2 is 1.74 bits per heavy atom. The molecule has 1 saturated heterocycles. The molecule has 1 aliphatic heterocycles. The van der Waals surface area contributed by atoms with Crippen molar-refractivity contribution in [1.82, 2.24) is 9.80 Å². The molecule has 130 valence electrons. The predicted molar refractivity (Wildman–Crippen MR) is 92.0 cm³/mol. The quantitative estimate of drug-likeness (QED) is 0.752. The molecule has 0 radical (unpaired) electrons. The second kappa shape index (κ2) is 9.23. The van der Waals surface area contributed by atoms with Crippen molar-refractivity contribution in [2.45, 2.75) is 25.9 Å². The average Bonchev–Trinajstić information content (AvgIpc) is 2.55. The van der Waals surface area contributed by atoms with Crippen LogP contribution in [-0.4, -0.2) is 78.6 Å². The highest BCUT2D eigenvalue weighted by Gasteiger charge is 2.19. The van der Waals surface area contributed by atoms with Gasteiger partial charge in [-0.3, -0.25) is 9.80 Å². The Hall–Kier alpha value is -1.14. The third kappa shape index (κ3) is 5.77. The van der Waals surface area contributed by atoms with Crippen LogP contribution in [-0.2, 0) is 0 Å². The molecule has 1 aromatic rings. The van der Waals surface area contributed by atoms with Crippen LogP contribution in [0.4, 0.5) is 0 Å². The molecule has 0 aromatic heterocycles. The fourth-order valence-corrected chi connectivity index (χ4v) is 2.96. The summed E-state index contributed by atoms with van der Waals surface area (Å²) in [4.78, 5) is 4.51. The van der Waals surface area contributed by atoms with Gasteiger partial charge in [-0.05, 0) is 17.5 Å². The summed E-state index contributed by atoms with van der Waals surface area (Å²) in [5, 5.41) is 19.2. The van der Waals surface area contributed by atoms with Crippen molar-refractivity contribution in [1.29, 1.82) is 0 Å². The van der Waals surface area contributed by atoms with Gasteiger partial charge in [-0.2, -0.15) is 0 Å². The number of nitrogens with zero attached hydrogens (tertiary/aromatic N) is 2. The largest absolute Gasteiger partial charge is 0.491 e. The molecule has 1 heterocycles.